The summed E-state index contributed by atoms with van der Waals surface area (Å²) in [5.41, 5.74) is 1.96. The molecule has 4 rings (SSSR count). The lowest BCUT2D eigenvalue weighted by atomic mass is 10.1. The van der Waals surface area contributed by atoms with Gasteiger partial charge in [0.05, 0.1) is 26.3 Å². The molecule has 0 bridgehead atoms. The van der Waals surface area contributed by atoms with E-state index in [0.717, 1.165) is 23.3 Å². The molecule has 1 saturated heterocycles. The summed E-state index contributed by atoms with van der Waals surface area (Å²) in [5.74, 6) is 2.68. The van der Waals surface area contributed by atoms with Gasteiger partial charge in [-0.1, -0.05) is 30.3 Å². The molecule has 0 spiro atoms. The van der Waals surface area contributed by atoms with Crippen LogP contribution in [0.1, 0.15) is 17.5 Å². The van der Waals surface area contributed by atoms with Gasteiger partial charge in [-0.3, -0.25) is 0 Å². The van der Waals surface area contributed by atoms with Gasteiger partial charge in [-0.25, -0.2) is 9.97 Å². The Kier molecular flexibility index (Phi) is 5.55. The van der Waals surface area contributed by atoms with Crippen LogP contribution in [0.15, 0.2) is 42.5 Å². The van der Waals surface area contributed by atoms with E-state index < -0.39 is 0 Å². The second kappa shape index (κ2) is 8.41. The monoisotopic (exact) mass is 380 g/mol. The number of benzene rings is 2. The number of aromatic nitrogens is 2. The van der Waals surface area contributed by atoms with E-state index in [1.165, 1.54) is 5.56 Å². The van der Waals surface area contributed by atoms with Crippen LogP contribution in [0.4, 0.5) is 5.82 Å². The summed E-state index contributed by atoms with van der Waals surface area (Å²) in [6.45, 7) is 2.83. The van der Waals surface area contributed by atoms with Crippen molar-refractivity contribution in [3.8, 4) is 11.5 Å². The molecule has 0 amide bonds. The fourth-order valence-corrected chi connectivity index (χ4v) is 3.27. The van der Waals surface area contributed by atoms with Crippen LogP contribution in [0.25, 0.3) is 10.9 Å². The fraction of sp³-hybridized carbons (Fsp3) is 0.333. The van der Waals surface area contributed by atoms with Crippen LogP contribution in [-0.2, 0) is 11.3 Å². The molecule has 1 aliphatic heterocycles. The maximum atomic E-state index is 5.86. The third-order valence-electron chi connectivity index (χ3n) is 4.74. The normalized spacial score (nSPS) is 16.7. The third kappa shape index (κ3) is 3.85. The highest BCUT2D eigenvalue weighted by Gasteiger charge is 2.21. The molecular weight excluding hydrogens is 356 g/mol. The first kappa shape index (κ1) is 18.5. The molecule has 146 valence electrons. The molecule has 0 aliphatic carbocycles. The van der Waals surface area contributed by atoms with Gasteiger partial charge in [-0.2, -0.15) is 0 Å². The summed E-state index contributed by atoms with van der Waals surface area (Å²) in [4.78, 5) is 9.53. The number of nitrogens with zero attached hydrogens (tertiary/aromatic N) is 2. The van der Waals surface area contributed by atoms with Gasteiger partial charge in [-0.05, 0) is 11.6 Å². The van der Waals surface area contributed by atoms with Gasteiger partial charge < -0.3 is 24.8 Å². The predicted octanol–water partition coefficient (Wildman–Crippen LogP) is 2.92. The van der Waals surface area contributed by atoms with E-state index in [4.69, 9.17) is 24.2 Å². The van der Waals surface area contributed by atoms with E-state index in [0.29, 0.717) is 37.0 Å². The summed E-state index contributed by atoms with van der Waals surface area (Å²) in [5, 5.41) is 7.65. The van der Waals surface area contributed by atoms with Crippen molar-refractivity contribution in [3.05, 3.63) is 53.9 Å². The molecule has 0 saturated carbocycles. The molecule has 7 nitrogen and oxygen atoms in total. The Bertz CT molecular complexity index is 943. The Morgan fingerprint density at radius 1 is 1.11 bits per heavy atom. The average molecular weight is 380 g/mol. The Morgan fingerprint density at radius 3 is 2.61 bits per heavy atom. The lowest BCUT2D eigenvalue weighted by Gasteiger charge is -2.23. The first-order valence-corrected chi connectivity index (χ1v) is 9.32. The third-order valence-corrected chi connectivity index (χ3v) is 4.74. The number of morpholine rings is 1. The summed E-state index contributed by atoms with van der Waals surface area (Å²) in [6, 6.07) is 14.0. The maximum Gasteiger partial charge on any atom is 0.162 e. The minimum absolute atomic E-state index is 0.177. The van der Waals surface area contributed by atoms with Gasteiger partial charge in [0, 0.05) is 31.1 Å². The molecule has 7 heteroatoms. The van der Waals surface area contributed by atoms with Crippen LogP contribution < -0.4 is 20.1 Å². The maximum absolute atomic E-state index is 5.86. The highest BCUT2D eigenvalue weighted by molar-refractivity contribution is 5.91. The van der Waals surface area contributed by atoms with Crippen molar-refractivity contribution < 1.29 is 14.2 Å². The molecule has 1 atom stereocenters. The Morgan fingerprint density at radius 2 is 1.89 bits per heavy atom. The summed E-state index contributed by atoms with van der Waals surface area (Å²) >= 11 is 0. The van der Waals surface area contributed by atoms with Crippen LogP contribution in [0.5, 0.6) is 11.5 Å². The first-order chi connectivity index (χ1) is 13.8. The molecule has 2 N–H and O–H groups in total. The molecule has 3 aromatic rings. The SMILES string of the molecule is COc1cc2nc(C3CNCCO3)nc(NCc3ccccc3)c2cc1OC. The van der Waals surface area contributed by atoms with Gasteiger partial charge >= 0.3 is 0 Å². The number of ether oxygens (including phenoxy) is 3. The number of rotatable bonds is 6. The van der Waals surface area contributed by atoms with Gasteiger partial charge in [0.2, 0.25) is 0 Å². The zero-order valence-electron chi connectivity index (χ0n) is 16.1. The smallest absolute Gasteiger partial charge is 0.162 e. The molecule has 2 heterocycles. The Labute approximate surface area is 164 Å². The van der Waals surface area contributed by atoms with Crippen LogP contribution in [-0.4, -0.2) is 43.9 Å². The fourth-order valence-electron chi connectivity index (χ4n) is 3.27. The highest BCUT2D eigenvalue weighted by atomic mass is 16.5. The number of fused-ring (bicyclic) bond motifs is 1. The Hall–Kier alpha value is -2.90. The van der Waals surface area contributed by atoms with E-state index in [1.807, 2.05) is 30.3 Å². The van der Waals surface area contributed by atoms with Crippen molar-refractivity contribution in [2.45, 2.75) is 12.6 Å². The number of nitrogens with one attached hydrogen (secondary N) is 2. The topological polar surface area (TPSA) is 77.5 Å². The van der Waals surface area contributed by atoms with E-state index in [-0.39, 0.29) is 6.10 Å². The lowest BCUT2D eigenvalue weighted by Crippen LogP contribution is -2.34. The molecular formula is C21H24N4O3. The van der Waals surface area contributed by atoms with Crippen LogP contribution in [0.3, 0.4) is 0 Å². The number of hydrogen-bond donors (Lipinski definition) is 2. The van der Waals surface area contributed by atoms with E-state index in [2.05, 4.69) is 22.8 Å². The van der Waals surface area contributed by atoms with Crippen LogP contribution >= 0.6 is 0 Å². The molecule has 1 unspecified atom stereocenters. The van der Waals surface area contributed by atoms with Gasteiger partial charge in [0.25, 0.3) is 0 Å². The van der Waals surface area contributed by atoms with Gasteiger partial charge in [0.15, 0.2) is 17.3 Å². The van der Waals surface area contributed by atoms with E-state index in [9.17, 15) is 0 Å². The number of anilines is 1. The van der Waals surface area contributed by atoms with Crippen LogP contribution in [0, 0.1) is 0 Å². The summed E-state index contributed by atoms with van der Waals surface area (Å²) in [7, 11) is 3.24. The van der Waals surface area contributed by atoms with Gasteiger partial charge in [0.1, 0.15) is 11.9 Å². The van der Waals surface area contributed by atoms with E-state index >= 15 is 0 Å². The van der Waals surface area contributed by atoms with E-state index in [1.54, 1.807) is 14.2 Å². The van der Waals surface area contributed by atoms with Crippen molar-refractivity contribution in [3.63, 3.8) is 0 Å². The standard InChI is InChI=1S/C21H24N4O3/c1-26-17-10-15-16(11-18(17)27-2)24-21(19-13-22-8-9-28-19)25-20(15)23-12-14-6-4-3-5-7-14/h3-7,10-11,19,22H,8-9,12-13H2,1-2H3,(H,23,24,25). The molecule has 1 aromatic heterocycles. The predicted molar refractivity (Wildman–Crippen MR) is 108 cm³/mol. The lowest BCUT2D eigenvalue weighted by molar-refractivity contribution is 0.0224. The quantitative estimate of drug-likeness (QED) is 0.681. The molecule has 28 heavy (non-hydrogen) atoms. The second-order valence-electron chi connectivity index (χ2n) is 6.56. The van der Waals surface area contributed by atoms with Crippen molar-refractivity contribution in [2.75, 3.05) is 39.2 Å². The minimum Gasteiger partial charge on any atom is -0.493 e. The Balaban J connectivity index is 1.76. The minimum atomic E-state index is -0.177. The molecule has 1 aliphatic rings. The average Bonchev–Trinajstić information content (AvgIpc) is 2.77. The molecule has 1 fully saturated rings. The van der Waals surface area contributed by atoms with Crippen molar-refractivity contribution in [2.24, 2.45) is 0 Å². The zero-order chi connectivity index (χ0) is 19.3. The molecule has 2 aromatic carbocycles. The van der Waals surface area contributed by atoms with Gasteiger partial charge in [-0.15, -0.1) is 0 Å². The van der Waals surface area contributed by atoms with Crippen molar-refractivity contribution in [1.82, 2.24) is 15.3 Å². The number of hydrogen-bond acceptors (Lipinski definition) is 7. The zero-order valence-corrected chi connectivity index (χ0v) is 16.1. The summed E-state index contributed by atoms with van der Waals surface area (Å²) in [6.07, 6.45) is -0.177. The second-order valence-corrected chi connectivity index (χ2v) is 6.56. The van der Waals surface area contributed by atoms with Crippen molar-refractivity contribution >= 4 is 16.7 Å². The highest BCUT2D eigenvalue weighted by Crippen LogP contribution is 2.35. The van der Waals surface area contributed by atoms with Crippen molar-refractivity contribution in [1.29, 1.82) is 0 Å². The largest absolute Gasteiger partial charge is 0.493 e. The molecule has 0 radical (unpaired) electrons. The first-order valence-electron chi connectivity index (χ1n) is 9.32. The number of methoxy groups -OCH3 is 2. The summed E-state index contributed by atoms with van der Waals surface area (Å²) < 4.78 is 16.8. The van der Waals surface area contributed by atoms with Crippen LogP contribution in [0.2, 0.25) is 0 Å².